The van der Waals surface area contributed by atoms with E-state index in [0.717, 1.165) is 5.56 Å². The predicted octanol–water partition coefficient (Wildman–Crippen LogP) is 1.42. The molecule has 0 saturated heterocycles. The Hall–Kier alpha value is -3.28. The summed E-state index contributed by atoms with van der Waals surface area (Å²) in [7, 11) is 0. The number of rotatable bonds is 4. The van der Waals surface area contributed by atoms with Crippen LogP contribution in [0.15, 0.2) is 53.7 Å². The van der Waals surface area contributed by atoms with E-state index in [1.54, 1.807) is 24.3 Å². The van der Waals surface area contributed by atoms with Crippen LogP contribution < -0.4 is 11.2 Å². The SMILES string of the molecule is Cc1ccc2c(c1)c(=O)c(C(=O)c1ccncc1)cn2CC(N)=O. The highest BCUT2D eigenvalue weighted by atomic mass is 16.1. The van der Waals surface area contributed by atoms with E-state index in [1.165, 1.54) is 23.2 Å². The fraction of sp³-hybridized carbons (Fsp3) is 0.111. The van der Waals surface area contributed by atoms with Crippen LogP contribution in [0.3, 0.4) is 0 Å². The molecule has 0 radical (unpaired) electrons. The summed E-state index contributed by atoms with van der Waals surface area (Å²) < 4.78 is 1.53. The van der Waals surface area contributed by atoms with Crippen molar-refractivity contribution < 1.29 is 9.59 Å². The van der Waals surface area contributed by atoms with Gasteiger partial charge in [0.05, 0.1) is 11.1 Å². The Morgan fingerprint density at radius 1 is 1.17 bits per heavy atom. The third-order valence-electron chi connectivity index (χ3n) is 3.75. The lowest BCUT2D eigenvalue weighted by Crippen LogP contribution is -2.24. The molecule has 1 amide bonds. The summed E-state index contributed by atoms with van der Waals surface area (Å²) in [5, 5.41) is 0.385. The molecule has 0 bridgehead atoms. The van der Waals surface area contributed by atoms with E-state index in [1.807, 2.05) is 13.0 Å². The number of pyridine rings is 2. The van der Waals surface area contributed by atoms with Crippen LogP contribution in [0.25, 0.3) is 10.9 Å². The van der Waals surface area contributed by atoms with Gasteiger partial charge < -0.3 is 10.3 Å². The monoisotopic (exact) mass is 321 g/mol. The Morgan fingerprint density at radius 2 is 1.88 bits per heavy atom. The first-order valence-electron chi connectivity index (χ1n) is 7.34. The number of amides is 1. The molecule has 120 valence electrons. The van der Waals surface area contributed by atoms with E-state index < -0.39 is 11.7 Å². The van der Waals surface area contributed by atoms with Crippen molar-refractivity contribution in [1.29, 1.82) is 0 Å². The van der Waals surface area contributed by atoms with Crippen molar-refractivity contribution in [1.82, 2.24) is 9.55 Å². The molecule has 2 N–H and O–H groups in total. The van der Waals surface area contributed by atoms with Gasteiger partial charge in [0, 0.05) is 29.5 Å². The molecule has 0 spiro atoms. The molecular weight excluding hydrogens is 306 g/mol. The van der Waals surface area contributed by atoms with Crippen LogP contribution in [0.4, 0.5) is 0 Å². The number of nitrogens with zero attached hydrogens (tertiary/aromatic N) is 2. The third-order valence-corrected chi connectivity index (χ3v) is 3.75. The number of nitrogens with two attached hydrogens (primary N) is 1. The minimum Gasteiger partial charge on any atom is -0.368 e. The summed E-state index contributed by atoms with van der Waals surface area (Å²) >= 11 is 0. The Kier molecular flexibility index (Phi) is 3.95. The molecule has 1 aromatic carbocycles. The van der Waals surface area contributed by atoms with Crippen LogP contribution in [-0.2, 0) is 11.3 Å². The van der Waals surface area contributed by atoms with Crippen molar-refractivity contribution in [2.45, 2.75) is 13.5 Å². The highest BCUT2D eigenvalue weighted by Gasteiger charge is 2.17. The maximum absolute atomic E-state index is 12.8. The molecule has 24 heavy (non-hydrogen) atoms. The van der Waals surface area contributed by atoms with Crippen molar-refractivity contribution in [3.63, 3.8) is 0 Å². The van der Waals surface area contributed by atoms with Crippen molar-refractivity contribution in [3.8, 4) is 0 Å². The number of hydrogen-bond donors (Lipinski definition) is 1. The summed E-state index contributed by atoms with van der Waals surface area (Å²) in [6, 6.07) is 8.37. The van der Waals surface area contributed by atoms with Gasteiger partial charge in [-0.05, 0) is 31.2 Å². The average Bonchev–Trinajstić information content (AvgIpc) is 2.57. The van der Waals surface area contributed by atoms with E-state index in [9.17, 15) is 14.4 Å². The summed E-state index contributed by atoms with van der Waals surface area (Å²) in [6.45, 7) is 1.74. The van der Waals surface area contributed by atoms with Crippen LogP contribution in [0, 0.1) is 6.92 Å². The van der Waals surface area contributed by atoms with Crippen LogP contribution >= 0.6 is 0 Å². The molecule has 0 aliphatic heterocycles. The zero-order chi connectivity index (χ0) is 17.3. The van der Waals surface area contributed by atoms with Gasteiger partial charge in [-0.3, -0.25) is 19.4 Å². The number of aryl methyl sites for hydroxylation is 1. The van der Waals surface area contributed by atoms with E-state index in [0.29, 0.717) is 16.5 Å². The molecule has 3 aromatic rings. The van der Waals surface area contributed by atoms with Crippen molar-refractivity contribution in [2.24, 2.45) is 5.73 Å². The Morgan fingerprint density at radius 3 is 2.54 bits per heavy atom. The first kappa shape index (κ1) is 15.6. The second-order valence-corrected chi connectivity index (χ2v) is 5.55. The summed E-state index contributed by atoms with van der Waals surface area (Å²) in [5.41, 5.74) is 6.74. The van der Waals surface area contributed by atoms with Gasteiger partial charge in [0.25, 0.3) is 0 Å². The molecule has 0 aliphatic rings. The lowest BCUT2D eigenvalue weighted by atomic mass is 10.0. The number of ketones is 1. The Bertz CT molecular complexity index is 1010. The summed E-state index contributed by atoms with van der Waals surface area (Å²) in [4.78, 5) is 40.7. The molecule has 2 aromatic heterocycles. The fourth-order valence-corrected chi connectivity index (χ4v) is 2.63. The fourth-order valence-electron chi connectivity index (χ4n) is 2.63. The number of benzene rings is 1. The largest absolute Gasteiger partial charge is 0.368 e. The Balaban J connectivity index is 2.28. The first-order valence-corrected chi connectivity index (χ1v) is 7.34. The molecule has 0 aliphatic carbocycles. The summed E-state index contributed by atoms with van der Waals surface area (Å²) in [5.74, 6) is -0.966. The number of fused-ring (bicyclic) bond motifs is 1. The van der Waals surface area contributed by atoms with Gasteiger partial charge in [-0.2, -0.15) is 0 Å². The lowest BCUT2D eigenvalue weighted by Gasteiger charge is -2.12. The molecule has 0 saturated carbocycles. The molecule has 0 atom stereocenters. The number of carbonyl (C=O) groups is 2. The van der Waals surface area contributed by atoms with Gasteiger partial charge in [-0.1, -0.05) is 11.6 Å². The van der Waals surface area contributed by atoms with Crippen LogP contribution in [0.1, 0.15) is 21.5 Å². The Labute approximate surface area is 137 Å². The van der Waals surface area contributed by atoms with E-state index in [-0.39, 0.29) is 17.5 Å². The van der Waals surface area contributed by atoms with E-state index in [2.05, 4.69) is 4.98 Å². The van der Waals surface area contributed by atoms with E-state index in [4.69, 9.17) is 5.73 Å². The highest BCUT2D eigenvalue weighted by molar-refractivity contribution is 6.10. The van der Waals surface area contributed by atoms with Crippen LogP contribution in [0.5, 0.6) is 0 Å². The highest BCUT2D eigenvalue weighted by Crippen LogP contribution is 2.16. The van der Waals surface area contributed by atoms with Gasteiger partial charge in [0.2, 0.25) is 11.3 Å². The maximum atomic E-state index is 12.8. The standard InChI is InChI=1S/C18H15N3O3/c1-11-2-3-15-13(8-11)18(24)14(9-21(15)10-16(19)22)17(23)12-4-6-20-7-5-12/h2-9H,10H2,1H3,(H2,19,22). The normalized spacial score (nSPS) is 10.7. The minimum absolute atomic E-state index is 0.000509. The average molecular weight is 321 g/mol. The quantitative estimate of drug-likeness (QED) is 0.735. The zero-order valence-electron chi connectivity index (χ0n) is 13.0. The second-order valence-electron chi connectivity index (χ2n) is 5.55. The first-order chi connectivity index (χ1) is 11.5. The van der Waals surface area contributed by atoms with E-state index >= 15 is 0 Å². The number of carbonyl (C=O) groups excluding carboxylic acids is 2. The van der Waals surface area contributed by atoms with Gasteiger partial charge in [0.1, 0.15) is 6.54 Å². The minimum atomic E-state index is -0.553. The lowest BCUT2D eigenvalue weighted by molar-refractivity contribution is -0.118. The molecule has 6 heteroatoms. The van der Waals surface area contributed by atoms with Gasteiger partial charge in [0.15, 0.2) is 5.78 Å². The smallest absolute Gasteiger partial charge is 0.237 e. The van der Waals surface area contributed by atoms with Gasteiger partial charge in [-0.15, -0.1) is 0 Å². The van der Waals surface area contributed by atoms with Crippen LogP contribution in [0.2, 0.25) is 0 Å². The molecule has 0 unspecified atom stereocenters. The molecular formula is C18H15N3O3. The maximum Gasteiger partial charge on any atom is 0.237 e. The van der Waals surface area contributed by atoms with Crippen molar-refractivity contribution >= 4 is 22.6 Å². The molecule has 6 nitrogen and oxygen atoms in total. The topological polar surface area (TPSA) is 95.1 Å². The molecule has 2 heterocycles. The predicted molar refractivity (Wildman–Crippen MR) is 89.8 cm³/mol. The summed E-state index contributed by atoms with van der Waals surface area (Å²) in [6.07, 6.45) is 4.37. The van der Waals surface area contributed by atoms with Crippen LogP contribution in [-0.4, -0.2) is 21.2 Å². The number of primary amides is 1. The van der Waals surface area contributed by atoms with Crippen molar-refractivity contribution in [3.05, 3.63) is 75.8 Å². The molecule has 0 fully saturated rings. The second kappa shape index (κ2) is 6.08. The number of hydrogen-bond acceptors (Lipinski definition) is 4. The molecule has 3 rings (SSSR count). The van der Waals surface area contributed by atoms with Crippen molar-refractivity contribution in [2.75, 3.05) is 0 Å². The zero-order valence-corrected chi connectivity index (χ0v) is 13.0. The van der Waals surface area contributed by atoms with Gasteiger partial charge >= 0.3 is 0 Å². The third kappa shape index (κ3) is 2.81. The van der Waals surface area contributed by atoms with Gasteiger partial charge in [-0.25, -0.2) is 0 Å². The number of aromatic nitrogens is 2.